The highest BCUT2D eigenvalue weighted by Crippen LogP contribution is 2.40. The lowest BCUT2D eigenvalue weighted by Gasteiger charge is -2.30. The van der Waals surface area contributed by atoms with E-state index in [0.717, 1.165) is 69.7 Å². The van der Waals surface area contributed by atoms with Crippen molar-refractivity contribution in [3.63, 3.8) is 0 Å². The third kappa shape index (κ3) is 5.69. The minimum atomic E-state index is 0.358. The van der Waals surface area contributed by atoms with Crippen LogP contribution in [0, 0.1) is 5.41 Å². The Morgan fingerprint density at radius 2 is 2.00 bits per heavy atom. The van der Waals surface area contributed by atoms with Crippen LogP contribution < -0.4 is 10.6 Å². The van der Waals surface area contributed by atoms with E-state index in [1.807, 2.05) is 7.05 Å². The van der Waals surface area contributed by atoms with E-state index in [0.29, 0.717) is 5.41 Å². The smallest absolute Gasteiger partial charge is 0.191 e. The zero-order valence-electron chi connectivity index (χ0n) is 17.8. The summed E-state index contributed by atoms with van der Waals surface area (Å²) >= 11 is 0. The van der Waals surface area contributed by atoms with Gasteiger partial charge in [0, 0.05) is 52.7 Å². The molecule has 0 spiro atoms. The van der Waals surface area contributed by atoms with Crippen molar-refractivity contribution in [2.75, 3.05) is 33.4 Å². The molecule has 0 bridgehead atoms. The van der Waals surface area contributed by atoms with Crippen molar-refractivity contribution in [3.05, 3.63) is 11.6 Å². The van der Waals surface area contributed by atoms with E-state index in [2.05, 4.69) is 37.3 Å². The van der Waals surface area contributed by atoms with E-state index in [9.17, 15) is 0 Å². The lowest BCUT2D eigenvalue weighted by Crippen LogP contribution is -2.44. The fraction of sp³-hybridized carbons (Fsp3) is 0.857. The molecule has 3 rings (SSSR count). The average Bonchev–Trinajstić information content (AvgIpc) is 3.26. The molecule has 2 aliphatic rings. The largest absolute Gasteiger partial charge is 0.382 e. The molecule has 0 saturated heterocycles. The molecule has 1 aromatic heterocycles. The van der Waals surface area contributed by atoms with Crippen LogP contribution in [-0.4, -0.2) is 54.1 Å². The molecule has 1 aliphatic carbocycles. The molecule has 0 aromatic carbocycles. The number of nitrogens with one attached hydrogen (secondary N) is 2. The Morgan fingerprint density at radius 3 is 2.79 bits per heavy atom. The van der Waals surface area contributed by atoms with E-state index in [-0.39, 0.29) is 0 Å². The summed E-state index contributed by atoms with van der Waals surface area (Å²) in [5.41, 5.74) is 0.358. The Kier molecular flexibility index (Phi) is 8.13. The van der Waals surface area contributed by atoms with Crippen molar-refractivity contribution >= 4 is 5.96 Å². The summed E-state index contributed by atoms with van der Waals surface area (Å²) in [6, 6.07) is 0. The molecule has 0 amide bonds. The second-order valence-corrected chi connectivity index (χ2v) is 8.25. The van der Waals surface area contributed by atoms with Gasteiger partial charge >= 0.3 is 0 Å². The van der Waals surface area contributed by atoms with Crippen LogP contribution in [0.3, 0.4) is 0 Å². The van der Waals surface area contributed by atoms with Crippen molar-refractivity contribution < 1.29 is 4.74 Å². The number of fused-ring (bicyclic) bond motifs is 1. The zero-order chi connectivity index (χ0) is 19.7. The van der Waals surface area contributed by atoms with Crippen LogP contribution >= 0.6 is 0 Å². The first-order chi connectivity index (χ1) is 13.8. The Labute approximate surface area is 169 Å². The molecule has 1 saturated carbocycles. The number of aromatic nitrogens is 3. The highest BCUT2D eigenvalue weighted by atomic mass is 16.5. The van der Waals surface area contributed by atoms with Gasteiger partial charge in [-0.25, -0.2) is 0 Å². The maximum atomic E-state index is 5.63. The minimum absolute atomic E-state index is 0.358. The highest BCUT2D eigenvalue weighted by Gasteiger charge is 2.33. The van der Waals surface area contributed by atoms with Crippen LogP contribution in [0.1, 0.15) is 69.9 Å². The number of aryl methyl sites for hydroxylation is 1. The zero-order valence-corrected chi connectivity index (χ0v) is 17.8. The van der Waals surface area contributed by atoms with Gasteiger partial charge in [-0.3, -0.25) is 4.99 Å². The van der Waals surface area contributed by atoms with Crippen molar-refractivity contribution in [1.29, 1.82) is 0 Å². The van der Waals surface area contributed by atoms with Gasteiger partial charge in [-0.2, -0.15) is 0 Å². The minimum Gasteiger partial charge on any atom is -0.382 e. The number of hydrogen-bond acceptors (Lipinski definition) is 4. The molecule has 0 atom stereocenters. The van der Waals surface area contributed by atoms with Crippen molar-refractivity contribution in [2.24, 2.45) is 10.4 Å². The van der Waals surface area contributed by atoms with Crippen molar-refractivity contribution in [3.8, 4) is 0 Å². The topological polar surface area (TPSA) is 76.4 Å². The van der Waals surface area contributed by atoms with Gasteiger partial charge in [-0.05, 0) is 44.4 Å². The average molecular weight is 391 g/mol. The summed E-state index contributed by atoms with van der Waals surface area (Å²) in [6.45, 7) is 6.59. The standard InChI is InChI=1S/C21H38N6O/c1-3-28-16-13-21(11-6-7-12-21)17-24-20(22-2)23-14-10-19-26-25-18-9-5-4-8-15-27(18)19/h3-17H2,1-2H3,(H2,22,23,24). The van der Waals surface area contributed by atoms with Crippen LogP contribution in [0.25, 0.3) is 0 Å². The maximum Gasteiger partial charge on any atom is 0.191 e. The molecule has 0 radical (unpaired) electrons. The predicted molar refractivity (Wildman–Crippen MR) is 113 cm³/mol. The number of hydrogen-bond donors (Lipinski definition) is 2. The van der Waals surface area contributed by atoms with Gasteiger partial charge in [-0.1, -0.05) is 19.3 Å². The molecule has 2 N–H and O–H groups in total. The fourth-order valence-electron chi connectivity index (χ4n) is 4.59. The Bertz CT molecular complexity index is 620. The van der Waals surface area contributed by atoms with Gasteiger partial charge in [0.15, 0.2) is 5.96 Å². The molecule has 1 aliphatic heterocycles. The number of ether oxygens (including phenoxy) is 1. The van der Waals surface area contributed by atoms with Gasteiger partial charge in [-0.15, -0.1) is 10.2 Å². The molecule has 1 aromatic rings. The Morgan fingerprint density at radius 1 is 1.14 bits per heavy atom. The summed E-state index contributed by atoms with van der Waals surface area (Å²) < 4.78 is 7.95. The van der Waals surface area contributed by atoms with Gasteiger partial charge in [0.25, 0.3) is 0 Å². The summed E-state index contributed by atoms with van der Waals surface area (Å²) in [7, 11) is 1.85. The van der Waals surface area contributed by atoms with Crippen LogP contribution in [0.4, 0.5) is 0 Å². The molecule has 0 unspecified atom stereocenters. The van der Waals surface area contributed by atoms with Crippen LogP contribution in [0.15, 0.2) is 4.99 Å². The predicted octanol–water partition coefficient (Wildman–Crippen LogP) is 2.70. The molecule has 7 nitrogen and oxygen atoms in total. The van der Waals surface area contributed by atoms with Crippen LogP contribution in [0.5, 0.6) is 0 Å². The van der Waals surface area contributed by atoms with Gasteiger partial charge < -0.3 is 19.9 Å². The van der Waals surface area contributed by atoms with E-state index in [1.165, 1.54) is 44.9 Å². The number of nitrogens with zero attached hydrogens (tertiary/aromatic N) is 4. The van der Waals surface area contributed by atoms with Crippen molar-refractivity contribution in [1.82, 2.24) is 25.4 Å². The monoisotopic (exact) mass is 390 g/mol. The summed E-state index contributed by atoms with van der Waals surface area (Å²) in [4.78, 5) is 4.42. The van der Waals surface area contributed by atoms with Gasteiger partial charge in [0.1, 0.15) is 11.6 Å². The molecule has 158 valence electrons. The van der Waals surface area contributed by atoms with Gasteiger partial charge in [0.2, 0.25) is 0 Å². The first-order valence-corrected chi connectivity index (χ1v) is 11.2. The summed E-state index contributed by atoms with van der Waals surface area (Å²) in [6.07, 6.45) is 12.1. The Balaban J connectivity index is 1.45. The first-order valence-electron chi connectivity index (χ1n) is 11.2. The van der Waals surface area contributed by atoms with E-state index >= 15 is 0 Å². The van der Waals surface area contributed by atoms with E-state index < -0.39 is 0 Å². The highest BCUT2D eigenvalue weighted by molar-refractivity contribution is 5.79. The molecule has 28 heavy (non-hydrogen) atoms. The third-order valence-electron chi connectivity index (χ3n) is 6.33. The molecular formula is C21H38N6O. The number of guanidine groups is 1. The summed E-state index contributed by atoms with van der Waals surface area (Å²) in [5, 5.41) is 15.9. The number of rotatable bonds is 9. The van der Waals surface area contributed by atoms with Crippen LogP contribution in [0.2, 0.25) is 0 Å². The van der Waals surface area contributed by atoms with E-state index in [1.54, 1.807) is 0 Å². The second-order valence-electron chi connectivity index (χ2n) is 8.25. The number of aliphatic imine (C=N–C) groups is 1. The normalized spacial score (nSPS) is 19.3. The first kappa shape index (κ1) is 21.1. The lowest BCUT2D eigenvalue weighted by molar-refractivity contribution is 0.105. The quantitative estimate of drug-likeness (QED) is 0.385. The third-order valence-corrected chi connectivity index (χ3v) is 6.33. The molecule has 1 fully saturated rings. The lowest BCUT2D eigenvalue weighted by atomic mass is 9.83. The fourth-order valence-corrected chi connectivity index (χ4v) is 4.59. The van der Waals surface area contributed by atoms with E-state index in [4.69, 9.17) is 4.74 Å². The van der Waals surface area contributed by atoms with Crippen LogP contribution in [-0.2, 0) is 24.1 Å². The Hall–Kier alpha value is -1.63. The van der Waals surface area contributed by atoms with Crippen molar-refractivity contribution in [2.45, 2.75) is 77.7 Å². The van der Waals surface area contributed by atoms with Gasteiger partial charge in [0.05, 0.1) is 0 Å². The molecule has 2 heterocycles. The SMILES string of the molecule is CCOCCC1(CNC(=NC)NCCc2nnc3n2CCCCC3)CCCC1. The maximum absolute atomic E-state index is 5.63. The molecule has 7 heteroatoms. The molecular weight excluding hydrogens is 352 g/mol. The summed E-state index contributed by atoms with van der Waals surface area (Å²) in [5.74, 6) is 3.15. The second kappa shape index (κ2) is 10.8.